The fourth-order valence-corrected chi connectivity index (χ4v) is 12.2. The molecule has 0 atom stereocenters. The summed E-state index contributed by atoms with van der Waals surface area (Å²) in [5.74, 6) is 0. The van der Waals surface area contributed by atoms with Gasteiger partial charge in [-0.3, -0.25) is 0 Å². The van der Waals surface area contributed by atoms with Crippen LogP contribution >= 0.6 is 0 Å². The van der Waals surface area contributed by atoms with Gasteiger partial charge in [0.05, 0.1) is 0 Å². The second kappa shape index (κ2) is 12.2. The lowest BCUT2D eigenvalue weighted by molar-refractivity contribution is 0.0965. The van der Waals surface area contributed by atoms with Gasteiger partial charge in [0, 0.05) is 16.2 Å². The Bertz CT molecular complexity index is 3550. The van der Waals surface area contributed by atoms with Crippen molar-refractivity contribution in [1.29, 1.82) is 0 Å². The highest BCUT2D eigenvalue weighted by Crippen LogP contribution is 2.67. The molecule has 10 aromatic carbocycles. The van der Waals surface area contributed by atoms with E-state index >= 15 is 0 Å². The Labute approximate surface area is 350 Å². The lowest BCUT2D eigenvalue weighted by atomic mass is 9.49. The molecule has 1 aliphatic rings. The molecule has 0 aliphatic heterocycles. The minimum absolute atomic E-state index is 0.101. The van der Waals surface area contributed by atoms with Gasteiger partial charge in [0.2, 0.25) is 0 Å². The molecule has 11 aromatic rings. The number of hydrogen-bond acceptors (Lipinski definition) is 1. The van der Waals surface area contributed by atoms with Gasteiger partial charge in [-0.25, -0.2) is 0 Å². The van der Waals surface area contributed by atoms with Crippen molar-refractivity contribution in [3.05, 3.63) is 181 Å². The van der Waals surface area contributed by atoms with Crippen LogP contribution in [0.25, 0.3) is 109 Å². The second-order valence-electron chi connectivity index (χ2n) is 19.2. The molecule has 1 aliphatic carbocycles. The molecule has 0 radical (unpaired) electrons. The Morgan fingerprint density at radius 1 is 0.350 bits per heavy atom. The molecular formula is C59H46O. The van der Waals surface area contributed by atoms with Crippen molar-refractivity contribution in [3.8, 4) is 33.4 Å². The maximum Gasteiger partial charge on any atom is 0.135 e. The van der Waals surface area contributed by atoms with Crippen LogP contribution in [0.2, 0.25) is 0 Å². The molecule has 1 aromatic heterocycles. The Balaban J connectivity index is 1.18. The van der Waals surface area contributed by atoms with Gasteiger partial charge >= 0.3 is 0 Å². The van der Waals surface area contributed by atoms with Crippen molar-refractivity contribution in [1.82, 2.24) is 0 Å². The molecule has 1 nitrogen and oxygen atoms in total. The maximum atomic E-state index is 6.27. The highest BCUT2D eigenvalue weighted by molar-refractivity contribution is 6.24. The second-order valence-corrected chi connectivity index (χ2v) is 19.2. The van der Waals surface area contributed by atoms with Gasteiger partial charge in [-0.15, -0.1) is 0 Å². The number of rotatable bonds is 2. The van der Waals surface area contributed by atoms with Crippen molar-refractivity contribution in [2.24, 2.45) is 10.8 Å². The van der Waals surface area contributed by atoms with Crippen molar-refractivity contribution >= 4 is 75.8 Å². The summed E-state index contributed by atoms with van der Waals surface area (Å²) >= 11 is 0. The van der Waals surface area contributed by atoms with E-state index in [0.29, 0.717) is 0 Å². The standard InChI is InChI=1S/C59H46O/c1-57(2,3)59(58(4,5)6)50-34-36-18-8-7-17-35(36)31-49(50)55-41-21-10-9-19-39(41)47-32-37(27-29-46(47)56(55)59)53-42-22-11-13-24-44(42)54(45-25-14-12-23-43(45)53)38-28-30-52-48(33-38)40-20-15-16-26-51(40)60-52/h7-34H,1-6H3. The largest absolute Gasteiger partial charge is 0.456 e. The molecule has 288 valence electrons. The van der Waals surface area contributed by atoms with Crippen molar-refractivity contribution in [3.63, 3.8) is 0 Å². The van der Waals surface area contributed by atoms with Gasteiger partial charge in [0.15, 0.2) is 0 Å². The first-order valence-corrected chi connectivity index (χ1v) is 21.4. The molecule has 0 N–H and O–H groups in total. The molecular weight excluding hydrogens is 725 g/mol. The van der Waals surface area contributed by atoms with E-state index in [1.54, 1.807) is 0 Å². The quantitative estimate of drug-likeness (QED) is 0.126. The highest BCUT2D eigenvalue weighted by Gasteiger charge is 2.58. The average Bonchev–Trinajstić information content (AvgIpc) is 3.78. The van der Waals surface area contributed by atoms with Crippen molar-refractivity contribution in [2.45, 2.75) is 47.0 Å². The molecule has 0 amide bonds. The number of fused-ring (bicyclic) bond motifs is 14. The van der Waals surface area contributed by atoms with E-state index in [2.05, 4.69) is 205 Å². The molecule has 0 saturated carbocycles. The van der Waals surface area contributed by atoms with Gasteiger partial charge in [-0.2, -0.15) is 0 Å². The van der Waals surface area contributed by atoms with Crippen LogP contribution in [0.3, 0.4) is 0 Å². The summed E-state index contributed by atoms with van der Waals surface area (Å²) in [6.45, 7) is 14.8. The fraction of sp³-hybridized carbons (Fsp3) is 0.153. The molecule has 0 fully saturated rings. The highest BCUT2D eigenvalue weighted by atomic mass is 16.3. The SMILES string of the molecule is CC(C)(C)C1(C(C)(C)C)c2cc3ccccc3cc2-c2c1c1ccc(-c3c4ccccc4c(-c4ccc5oc6ccccc6c5c4)c4ccccc34)cc1c1ccccc21. The monoisotopic (exact) mass is 770 g/mol. The van der Waals surface area contributed by atoms with Gasteiger partial charge < -0.3 is 4.42 Å². The van der Waals surface area contributed by atoms with Crippen LogP contribution in [0.5, 0.6) is 0 Å². The molecule has 0 spiro atoms. The summed E-state index contributed by atoms with van der Waals surface area (Å²) in [7, 11) is 0. The van der Waals surface area contributed by atoms with Crippen LogP contribution in [0.1, 0.15) is 52.7 Å². The molecule has 0 saturated heterocycles. The number of furan rings is 1. The summed E-state index contributed by atoms with van der Waals surface area (Å²) < 4.78 is 6.27. The normalized spacial score (nSPS) is 14.0. The van der Waals surface area contributed by atoms with Crippen molar-refractivity contribution < 1.29 is 4.42 Å². The summed E-state index contributed by atoms with van der Waals surface area (Å²) in [4.78, 5) is 0. The number of hydrogen-bond donors (Lipinski definition) is 0. The Morgan fingerprint density at radius 2 is 0.800 bits per heavy atom. The summed E-state index contributed by atoms with van der Waals surface area (Å²) in [6, 6.07) is 63.6. The van der Waals surface area contributed by atoms with Gasteiger partial charge in [0.25, 0.3) is 0 Å². The van der Waals surface area contributed by atoms with Crippen LogP contribution < -0.4 is 0 Å². The summed E-state index contributed by atoms with van der Waals surface area (Å²) in [5.41, 5.74) is 12.0. The van der Waals surface area contributed by atoms with E-state index in [4.69, 9.17) is 4.42 Å². The molecule has 1 heteroatoms. The summed E-state index contributed by atoms with van der Waals surface area (Å²) in [5, 5.41) is 15.2. The zero-order valence-electron chi connectivity index (χ0n) is 35.1. The van der Waals surface area contributed by atoms with Crippen LogP contribution in [-0.4, -0.2) is 0 Å². The van der Waals surface area contributed by atoms with E-state index in [1.807, 2.05) is 6.07 Å². The third-order valence-electron chi connectivity index (χ3n) is 14.1. The number of benzene rings is 10. The molecule has 60 heavy (non-hydrogen) atoms. The molecule has 0 unspecified atom stereocenters. The lowest BCUT2D eigenvalue weighted by Gasteiger charge is -2.53. The predicted octanol–water partition coefficient (Wildman–Crippen LogP) is 17.0. The molecule has 12 rings (SSSR count). The van der Waals surface area contributed by atoms with Crippen LogP contribution in [0, 0.1) is 10.8 Å². The molecule has 0 bridgehead atoms. The third-order valence-corrected chi connectivity index (χ3v) is 14.1. The van der Waals surface area contributed by atoms with Crippen molar-refractivity contribution in [2.75, 3.05) is 0 Å². The first kappa shape index (κ1) is 35.3. The van der Waals surface area contributed by atoms with E-state index < -0.39 is 0 Å². The maximum absolute atomic E-state index is 6.27. The minimum Gasteiger partial charge on any atom is -0.456 e. The van der Waals surface area contributed by atoms with E-state index in [0.717, 1.165) is 21.9 Å². The number of para-hydroxylation sites is 1. The smallest absolute Gasteiger partial charge is 0.135 e. The predicted molar refractivity (Wildman–Crippen MR) is 257 cm³/mol. The van der Waals surface area contributed by atoms with Gasteiger partial charge in [-0.1, -0.05) is 175 Å². The lowest BCUT2D eigenvalue weighted by Crippen LogP contribution is -2.50. The Hall–Kier alpha value is -6.70. The Morgan fingerprint density at radius 3 is 1.38 bits per heavy atom. The first-order chi connectivity index (χ1) is 29.0. The fourth-order valence-electron chi connectivity index (χ4n) is 12.2. The van der Waals surface area contributed by atoms with Crippen LogP contribution in [0.15, 0.2) is 174 Å². The first-order valence-electron chi connectivity index (χ1n) is 21.4. The topological polar surface area (TPSA) is 13.1 Å². The third kappa shape index (κ3) is 4.58. The van der Waals surface area contributed by atoms with E-state index in [-0.39, 0.29) is 16.2 Å². The van der Waals surface area contributed by atoms with Gasteiger partial charge in [0.1, 0.15) is 11.2 Å². The summed E-state index contributed by atoms with van der Waals surface area (Å²) in [6.07, 6.45) is 0. The zero-order chi connectivity index (χ0) is 40.7. The van der Waals surface area contributed by atoms with Gasteiger partial charge in [-0.05, 0) is 146 Å². The Kier molecular flexibility index (Phi) is 7.16. The van der Waals surface area contributed by atoms with Crippen LogP contribution in [0.4, 0.5) is 0 Å². The minimum atomic E-state index is -0.277. The van der Waals surface area contributed by atoms with E-state index in [9.17, 15) is 0 Å². The average molecular weight is 771 g/mol. The van der Waals surface area contributed by atoms with E-state index in [1.165, 1.54) is 98.4 Å². The van der Waals surface area contributed by atoms with Crippen LogP contribution in [-0.2, 0) is 5.41 Å². The zero-order valence-corrected chi connectivity index (χ0v) is 35.1. The molecule has 1 heterocycles.